The van der Waals surface area contributed by atoms with E-state index >= 15 is 0 Å². The second-order valence-corrected chi connectivity index (χ2v) is 7.61. The van der Waals surface area contributed by atoms with Crippen LogP contribution in [0.15, 0.2) is 42.5 Å². The first-order chi connectivity index (χ1) is 12.6. The van der Waals surface area contributed by atoms with E-state index < -0.39 is 11.6 Å². The summed E-state index contributed by atoms with van der Waals surface area (Å²) in [5.41, 5.74) is 0.302. The first-order valence-electron chi connectivity index (χ1n) is 8.36. The van der Waals surface area contributed by atoms with E-state index in [4.69, 9.17) is 33.0 Å². The number of aliphatic carboxylic acids is 1. The lowest BCUT2D eigenvalue weighted by atomic mass is 9.97. The van der Waals surface area contributed by atoms with E-state index in [9.17, 15) is 9.59 Å². The number of hydrogen-bond donors (Lipinski definition) is 2. The lowest BCUT2D eigenvalue weighted by Crippen LogP contribution is -2.42. The second-order valence-electron chi connectivity index (χ2n) is 6.76. The highest BCUT2D eigenvalue weighted by Crippen LogP contribution is 2.31. The van der Waals surface area contributed by atoms with Crippen molar-refractivity contribution in [3.63, 3.8) is 0 Å². The van der Waals surface area contributed by atoms with Gasteiger partial charge in [-0.3, -0.25) is 9.59 Å². The molecule has 0 fully saturated rings. The van der Waals surface area contributed by atoms with Crippen LogP contribution in [0.2, 0.25) is 10.0 Å². The van der Waals surface area contributed by atoms with Crippen LogP contribution >= 0.6 is 23.2 Å². The van der Waals surface area contributed by atoms with Crippen molar-refractivity contribution in [3.8, 4) is 5.75 Å². The number of carbonyl (C=O) groups excluding carboxylic acids is 1. The third-order valence-electron chi connectivity index (χ3n) is 4.02. The number of anilines is 1. The van der Waals surface area contributed by atoms with Crippen molar-refractivity contribution in [1.29, 1.82) is 0 Å². The van der Waals surface area contributed by atoms with Crippen molar-refractivity contribution in [2.24, 2.45) is 0 Å². The van der Waals surface area contributed by atoms with Crippen LogP contribution in [0.4, 0.5) is 5.69 Å². The van der Waals surface area contributed by atoms with Gasteiger partial charge in [-0.05, 0) is 55.7 Å². The van der Waals surface area contributed by atoms with E-state index in [0.717, 1.165) is 5.56 Å². The molecule has 0 radical (unpaired) electrons. The van der Waals surface area contributed by atoms with E-state index in [2.05, 4.69) is 5.32 Å². The summed E-state index contributed by atoms with van der Waals surface area (Å²) in [5.74, 6) is -0.947. The summed E-state index contributed by atoms with van der Waals surface area (Å²) in [4.78, 5) is 23.4. The first-order valence-corrected chi connectivity index (χ1v) is 9.11. The van der Waals surface area contributed by atoms with Crippen LogP contribution in [0.1, 0.15) is 38.7 Å². The monoisotopic (exact) mass is 409 g/mol. The smallest absolute Gasteiger partial charge is 0.303 e. The Bertz CT molecular complexity index is 834. The van der Waals surface area contributed by atoms with Crippen molar-refractivity contribution in [3.05, 3.63) is 58.1 Å². The largest absolute Gasteiger partial charge is 0.481 e. The van der Waals surface area contributed by atoms with Crippen LogP contribution in [-0.2, 0) is 9.59 Å². The Labute approximate surface area is 168 Å². The summed E-state index contributed by atoms with van der Waals surface area (Å²) in [6.45, 7) is 5.11. The van der Waals surface area contributed by atoms with Crippen LogP contribution in [0.3, 0.4) is 0 Å². The van der Waals surface area contributed by atoms with Crippen LogP contribution in [0.5, 0.6) is 5.75 Å². The molecule has 0 aliphatic rings. The highest BCUT2D eigenvalue weighted by Gasteiger charge is 2.31. The molecule has 1 amide bonds. The Morgan fingerprint density at radius 3 is 2.33 bits per heavy atom. The van der Waals surface area contributed by atoms with Gasteiger partial charge in [0.2, 0.25) is 0 Å². The SMILES string of the molecule is CC(CC(=O)O)c1ccc(NC(=O)C(C)(C)Oc2ccc(Cl)cc2Cl)cc1. The summed E-state index contributed by atoms with van der Waals surface area (Å²) >= 11 is 12.0. The third-order valence-corrected chi connectivity index (χ3v) is 4.55. The quantitative estimate of drug-likeness (QED) is 0.644. The van der Waals surface area contributed by atoms with Crippen molar-refractivity contribution >= 4 is 40.8 Å². The topological polar surface area (TPSA) is 75.6 Å². The van der Waals surface area contributed by atoms with Gasteiger partial charge in [-0.15, -0.1) is 0 Å². The van der Waals surface area contributed by atoms with Crippen molar-refractivity contribution in [2.75, 3.05) is 5.32 Å². The minimum Gasteiger partial charge on any atom is -0.481 e. The third kappa shape index (κ3) is 5.88. The molecular weight excluding hydrogens is 389 g/mol. The van der Waals surface area contributed by atoms with Gasteiger partial charge >= 0.3 is 5.97 Å². The standard InChI is InChI=1S/C20H21Cl2NO4/c1-12(10-18(24)25)13-4-7-15(8-5-13)23-19(26)20(2,3)27-17-9-6-14(21)11-16(17)22/h4-9,11-12H,10H2,1-3H3,(H,23,26)(H,24,25). The molecule has 2 aromatic rings. The molecule has 0 aliphatic carbocycles. The number of ether oxygens (including phenoxy) is 1. The van der Waals surface area contributed by atoms with E-state index in [1.165, 1.54) is 0 Å². The van der Waals surface area contributed by atoms with E-state index in [0.29, 0.717) is 21.5 Å². The van der Waals surface area contributed by atoms with Crippen molar-refractivity contribution in [1.82, 2.24) is 0 Å². The Morgan fingerprint density at radius 2 is 1.78 bits per heavy atom. The molecule has 0 bridgehead atoms. The zero-order valence-electron chi connectivity index (χ0n) is 15.3. The van der Waals surface area contributed by atoms with Crippen LogP contribution in [-0.4, -0.2) is 22.6 Å². The summed E-state index contributed by atoms with van der Waals surface area (Å²) in [7, 11) is 0. The molecule has 7 heteroatoms. The molecule has 0 aliphatic heterocycles. The molecule has 0 saturated heterocycles. The van der Waals surface area contributed by atoms with Gasteiger partial charge in [0.25, 0.3) is 5.91 Å². The lowest BCUT2D eigenvalue weighted by Gasteiger charge is -2.26. The van der Waals surface area contributed by atoms with Gasteiger partial charge in [0, 0.05) is 10.7 Å². The molecule has 0 aromatic heterocycles. The maximum Gasteiger partial charge on any atom is 0.303 e. The number of rotatable bonds is 7. The normalized spacial score (nSPS) is 12.3. The number of halogens is 2. The molecule has 0 spiro atoms. The molecule has 2 rings (SSSR count). The molecule has 27 heavy (non-hydrogen) atoms. The number of hydrogen-bond acceptors (Lipinski definition) is 3. The average molecular weight is 410 g/mol. The maximum absolute atomic E-state index is 12.6. The van der Waals surface area contributed by atoms with Crippen LogP contribution in [0.25, 0.3) is 0 Å². The van der Waals surface area contributed by atoms with Gasteiger partial charge in [-0.1, -0.05) is 42.3 Å². The molecule has 0 heterocycles. The first kappa shape index (κ1) is 21.1. The molecule has 2 N–H and O–H groups in total. The van der Waals surface area contributed by atoms with E-state index in [1.54, 1.807) is 56.3 Å². The molecule has 1 atom stereocenters. The van der Waals surface area contributed by atoms with Gasteiger partial charge in [0.1, 0.15) is 5.75 Å². The fraction of sp³-hybridized carbons (Fsp3) is 0.300. The van der Waals surface area contributed by atoms with Gasteiger partial charge < -0.3 is 15.2 Å². The number of amides is 1. The Kier molecular flexibility index (Phi) is 6.73. The van der Waals surface area contributed by atoms with Gasteiger partial charge in [-0.2, -0.15) is 0 Å². The number of nitrogens with one attached hydrogen (secondary N) is 1. The molecule has 144 valence electrons. The number of carboxylic acids is 1. The predicted octanol–water partition coefficient (Wildman–Crippen LogP) is 5.37. The predicted molar refractivity (Wildman–Crippen MR) is 107 cm³/mol. The average Bonchev–Trinajstić information content (AvgIpc) is 2.57. The fourth-order valence-electron chi connectivity index (χ4n) is 2.44. The summed E-state index contributed by atoms with van der Waals surface area (Å²) < 4.78 is 5.76. The molecule has 5 nitrogen and oxygen atoms in total. The minimum atomic E-state index is -1.17. The number of carbonyl (C=O) groups is 2. The highest BCUT2D eigenvalue weighted by atomic mass is 35.5. The highest BCUT2D eigenvalue weighted by molar-refractivity contribution is 6.35. The second kappa shape index (κ2) is 8.63. The van der Waals surface area contributed by atoms with E-state index in [1.807, 2.05) is 6.92 Å². The van der Waals surface area contributed by atoms with Gasteiger partial charge in [-0.25, -0.2) is 0 Å². The number of carboxylic acid groups (broad SMARTS) is 1. The summed E-state index contributed by atoms with van der Waals surface area (Å²) in [5, 5.41) is 12.5. The van der Waals surface area contributed by atoms with Crippen LogP contribution in [0, 0.1) is 0 Å². The Hall–Kier alpha value is -2.24. The van der Waals surface area contributed by atoms with Gasteiger partial charge in [0.15, 0.2) is 5.60 Å². The fourth-order valence-corrected chi connectivity index (χ4v) is 2.88. The molecule has 0 saturated carbocycles. The van der Waals surface area contributed by atoms with Gasteiger partial charge in [0.05, 0.1) is 11.4 Å². The number of benzene rings is 2. The zero-order valence-corrected chi connectivity index (χ0v) is 16.8. The maximum atomic E-state index is 12.6. The summed E-state index contributed by atoms with van der Waals surface area (Å²) in [6.07, 6.45) is 0.0500. The van der Waals surface area contributed by atoms with Crippen molar-refractivity contribution in [2.45, 2.75) is 38.7 Å². The zero-order chi connectivity index (χ0) is 20.2. The van der Waals surface area contributed by atoms with E-state index in [-0.39, 0.29) is 18.2 Å². The van der Waals surface area contributed by atoms with Crippen molar-refractivity contribution < 1.29 is 19.4 Å². The minimum absolute atomic E-state index is 0.0500. The molecular formula is C20H21Cl2NO4. The molecule has 2 aromatic carbocycles. The van der Waals surface area contributed by atoms with Crippen LogP contribution < -0.4 is 10.1 Å². The lowest BCUT2D eigenvalue weighted by molar-refractivity contribution is -0.137. The molecule has 1 unspecified atom stereocenters. The summed E-state index contributed by atoms with van der Waals surface area (Å²) in [6, 6.07) is 11.9. The Morgan fingerprint density at radius 1 is 1.15 bits per heavy atom. The Balaban J connectivity index is 2.05.